The number of carbonyl (C=O) groups is 1. The van der Waals surface area contributed by atoms with Crippen molar-refractivity contribution in [3.63, 3.8) is 0 Å². The minimum absolute atomic E-state index is 0.442. The van der Waals surface area contributed by atoms with E-state index in [0.717, 1.165) is 25.2 Å². The molecular weight excluding hydrogens is 301 g/mol. The van der Waals surface area contributed by atoms with Gasteiger partial charge in [-0.05, 0) is 12.1 Å². The molecule has 10 heteroatoms. The van der Waals surface area contributed by atoms with Crippen LogP contribution in [0.2, 0.25) is 0 Å². The molecule has 2 N–H and O–H groups in total. The number of nitrogens with zero attached hydrogens (tertiary/aromatic N) is 1. The molecule has 0 aromatic heterocycles. The molecule has 0 radical (unpaired) electrons. The number of primary amides is 1. The van der Waals surface area contributed by atoms with Gasteiger partial charge >= 0.3 is 6.36 Å². The third-order valence-electron chi connectivity index (χ3n) is 2.13. The van der Waals surface area contributed by atoms with E-state index in [4.69, 9.17) is 5.73 Å². The van der Waals surface area contributed by atoms with Crippen LogP contribution in [-0.2, 0) is 14.8 Å². The molecule has 1 amide bonds. The molecule has 6 nitrogen and oxygen atoms in total. The van der Waals surface area contributed by atoms with E-state index >= 15 is 0 Å². The van der Waals surface area contributed by atoms with Gasteiger partial charge in [0, 0.05) is 13.1 Å². The van der Waals surface area contributed by atoms with Gasteiger partial charge in [0.25, 0.3) is 0 Å². The summed E-state index contributed by atoms with van der Waals surface area (Å²) in [4.78, 5) is 10.2. The zero-order valence-electron chi connectivity index (χ0n) is 10.2. The first-order valence-electron chi connectivity index (χ1n) is 5.13. The first-order valence-corrected chi connectivity index (χ1v) is 6.57. The molecule has 1 aromatic rings. The lowest BCUT2D eigenvalue weighted by Gasteiger charge is -2.16. The Labute approximate surface area is 113 Å². The molecule has 0 saturated carbocycles. The quantitative estimate of drug-likeness (QED) is 0.866. The van der Waals surface area contributed by atoms with E-state index in [0.29, 0.717) is 10.4 Å². The van der Waals surface area contributed by atoms with Gasteiger partial charge in [0.05, 0.1) is 11.4 Å². The summed E-state index contributed by atoms with van der Waals surface area (Å²) in [5.74, 6) is -1.56. The van der Waals surface area contributed by atoms with Gasteiger partial charge in [-0.2, -0.15) is 4.31 Å². The third-order valence-corrected chi connectivity index (χ3v) is 3.93. The molecule has 0 saturated heterocycles. The van der Waals surface area contributed by atoms with Crippen LogP contribution in [0, 0.1) is 0 Å². The fraction of sp³-hybridized carbons (Fsp3) is 0.300. The Morgan fingerprint density at radius 2 is 2.00 bits per heavy atom. The van der Waals surface area contributed by atoms with Crippen LogP contribution >= 0.6 is 0 Å². The molecule has 1 aromatic carbocycles. The predicted molar refractivity (Wildman–Crippen MR) is 62.1 cm³/mol. The van der Waals surface area contributed by atoms with Crippen molar-refractivity contribution in [3.8, 4) is 5.75 Å². The Bertz CT molecular complexity index is 601. The maximum Gasteiger partial charge on any atom is 0.573 e. The highest BCUT2D eigenvalue weighted by molar-refractivity contribution is 7.89. The number of halogens is 3. The number of ether oxygens (including phenoxy) is 1. The Hall–Kier alpha value is -1.81. The molecule has 0 heterocycles. The molecular formula is C10H11F3N2O4S. The van der Waals surface area contributed by atoms with E-state index in [1.807, 2.05) is 0 Å². The molecule has 112 valence electrons. The molecule has 0 atom stereocenters. The molecule has 0 aliphatic rings. The molecule has 0 aliphatic heterocycles. The smallest absolute Gasteiger partial charge is 0.406 e. The van der Waals surface area contributed by atoms with Crippen LogP contribution in [0.3, 0.4) is 0 Å². The Morgan fingerprint density at radius 3 is 2.50 bits per heavy atom. The second-order valence-corrected chi connectivity index (χ2v) is 5.79. The monoisotopic (exact) mass is 312 g/mol. The predicted octanol–water partition coefficient (Wildman–Crippen LogP) is 0.691. The first-order chi connectivity index (χ1) is 9.02. The standard InChI is InChI=1S/C10H11F3N2O4S/c1-15(6-9(14)16)20(17,18)8-4-2-3-7(5-8)19-10(11,12)13/h2-5H,6H2,1H3,(H2,14,16). The van der Waals surface area contributed by atoms with Gasteiger partial charge in [0.15, 0.2) is 0 Å². The maximum atomic E-state index is 12.1. The molecule has 0 fully saturated rings. The zero-order chi connectivity index (χ0) is 15.6. The van der Waals surface area contributed by atoms with E-state index in [9.17, 15) is 26.4 Å². The number of hydrogen-bond acceptors (Lipinski definition) is 4. The lowest BCUT2D eigenvalue weighted by atomic mass is 10.3. The molecule has 0 bridgehead atoms. The van der Waals surface area contributed by atoms with Crippen molar-refractivity contribution >= 4 is 15.9 Å². The van der Waals surface area contributed by atoms with Crippen molar-refractivity contribution in [2.24, 2.45) is 5.73 Å². The van der Waals surface area contributed by atoms with E-state index < -0.39 is 39.5 Å². The van der Waals surface area contributed by atoms with Crippen LogP contribution in [0.25, 0.3) is 0 Å². The van der Waals surface area contributed by atoms with Crippen LogP contribution in [0.15, 0.2) is 29.2 Å². The number of sulfonamides is 1. The number of likely N-dealkylation sites (N-methyl/N-ethyl adjacent to an activating group) is 1. The summed E-state index contributed by atoms with van der Waals surface area (Å²) in [7, 11) is -3.05. The lowest BCUT2D eigenvalue weighted by Crippen LogP contribution is -2.35. The van der Waals surface area contributed by atoms with Crippen LogP contribution < -0.4 is 10.5 Å². The van der Waals surface area contributed by atoms with E-state index in [1.165, 1.54) is 0 Å². The van der Waals surface area contributed by atoms with Gasteiger partial charge in [0.1, 0.15) is 5.75 Å². The molecule has 0 spiro atoms. The SMILES string of the molecule is CN(CC(N)=O)S(=O)(=O)c1cccc(OC(F)(F)F)c1. The summed E-state index contributed by atoms with van der Waals surface area (Å²) >= 11 is 0. The van der Waals surface area contributed by atoms with Crippen LogP contribution in [0.1, 0.15) is 0 Å². The highest BCUT2D eigenvalue weighted by atomic mass is 32.2. The summed E-state index contributed by atoms with van der Waals surface area (Å²) in [6, 6.07) is 3.84. The second-order valence-electron chi connectivity index (χ2n) is 3.75. The average Bonchev–Trinajstić information content (AvgIpc) is 2.26. The van der Waals surface area contributed by atoms with Crippen molar-refractivity contribution in [2.75, 3.05) is 13.6 Å². The normalized spacial score (nSPS) is 12.4. The minimum atomic E-state index is -4.93. The summed E-state index contributed by atoms with van der Waals surface area (Å²) in [5.41, 5.74) is 4.86. The van der Waals surface area contributed by atoms with Gasteiger partial charge in [-0.3, -0.25) is 4.79 Å². The lowest BCUT2D eigenvalue weighted by molar-refractivity contribution is -0.274. The fourth-order valence-electron chi connectivity index (χ4n) is 1.32. The number of amides is 1. The summed E-state index contributed by atoms with van der Waals surface area (Å²) in [6.45, 7) is -0.591. The van der Waals surface area contributed by atoms with Crippen molar-refractivity contribution in [2.45, 2.75) is 11.3 Å². The summed E-state index contributed by atoms with van der Waals surface area (Å²) in [6.07, 6.45) is -4.93. The minimum Gasteiger partial charge on any atom is -0.406 e. The zero-order valence-corrected chi connectivity index (χ0v) is 11.0. The highest BCUT2D eigenvalue weighted by Crippen LogP contribution is 2.25. The van der Waals surface area contributed by atoms with Crippen molar-refractivity contribution < 1.29 is 31.1 Å². The Balaban J connectivity index is 3.07. The number of carbonyl (C=O) groups excluding carboxylic acids is 1. The topological polar surface area (TPSA) is 89.7 Å². The number of hydrogen-bond donors (Lipinski definition) is 1. The number of benzene rings is 1. The van der Waals surface area contributed by atoms with Crippen molar-refractivity contribution in [3.05, 3.63) is 24.3 Å². The first kappa shape index (κ1) is 16.2. The van der Waals surface area contributed by atoms with Crippen molar-refractivity contribution in [1.82, 2.24) is 4.31 Å². The van der Waals surface area contributed by atoms with E-state index in [1.54, 1.807) is 0 Å². The van der Waals surface area contributed by atoms with Crippen LogP contribution in [0.5, 0.6) is 5.75 Å². The Kier molecular flexibility index (Phi) is 4.61. The maximum absolute atomic E-state index is 12.1. The second kappa shape index (κ2) is 5.67. The van der Waals surface area contributed by atoms with Crippen LogP contribution in [-0.4, -0.2) is 38.6 Å². The average molecular weight is 312 g/mol. The fourth-order valence-corrected chi connectivity index (χ4v) is 2.49. The molecule has 20 heavy (non-hydrogen) atoms. The molecule has 1 rings (SSSR count). The van der Waals surface area contributed by atoms with Crippen molar-refractivity contribution in [1.29, 1.82) is 0 Å². The van der Waals surface area contributed by atoms with E-state index in [-0.39, 0.29) is 0 Å². The summed E-state index contributed by atoms with van der Waals surface area (Å²) < 4.78 is 64.4. The van der Waals surface area contributed by atoms with Crippen LogP contribution in [0.4, 0.5) is 13.2 Å². The number of alkyl halides is 3. The van der Waals surface area contributed by atoms with Gasteiger partial charge in [-0.1, -0.05) is 6.07 Å². The van der Waals surface area contributed by atoms with Gasteiger partial charge < -0.3 is 10.5 Å². The van der Waals surface area contributed by atoms with Gasteiger partial charge in [0.2, 0.25) is 15.9 Å². The third kappa shape index (κ3) is 4.38. The number of rotatable bonds is 5. The van der Waals surface area contributed by atoms with Gasteiger partial charge in [-0.25, -0.2) is 8.42 Å². The number of nitrogens with two attached hydrogens (primary N) is 1. The summed E-state index contributed by atoms with van der Waals surface area (Å²) in [5, 5.41) is 0. The van der Waals surface area contributed by atoms with Gasteiger partial charge in [-0.15, -0.1) is 13.2 Å². The Morgan fingerprint density at radius 1 is 1.40 bits per heavy atom. The molecule has 0 aliphatic carbocycles. The van der Waals surface area contributed by atoms with E-state index in [2.05, 4.69) is 4.74 Å². The highest BCUT2D eigenvalue weighted by Gasteiger charge is 2.32. The molecule has 0 unspecified atom stereocenters. The largest absolute Gasteiger partial charge is 0.573 e.